The van der Waals surface area contributed by atoms with E-state index in [1.165, 1.54) is 94.3 Å². The van der Waals surface area contributed by atoms with Crippen molar-refractivity contribution in [3.05, 3.63) is 324 Å². The molecule has 0 bridgehead atoms. The number of rotatable bonds is 6. The molecule has 0 radical (unpaired) electrons. The Morgan fingerprint density at radius 3 is 1.56 bits per heavy atom. The van der Waals surface area contributed by atoms with Crippen molar-refractivity contribution >= 4 is 60.8 Å². The lowest BCUT2D eigenvalue weighted by Crippen LogP contribution is -2.33. The predicted octanol–water partition coefficient (Wildman–Crippen LogP) is 18.9. The van der Waals surface area contributed by atoms with Crippen molar-refractivity contribution in [2.45, 2.75) is 10.8 Å². The number of para-hydroxylation sites is 4. The lowest BCUT2D eigenvalue weighted by atomic mass is 9.65. The smallest absolute Gasteiger partial charge is 0.136 e. The van der Waals surface area contributed by atoms with Gasteiger partial charge in [0.2, 0.25) is 0 Å². The fourth-order valence-corrected chi connectivity index (χ4v) is 14.5. The summed E-state index contributed by atoms with van der Waals surface area (Å²) in [4.78, 5) is 2.47. The molecule has 1 atom stereocenters. The van der Waals surface area contributed by atoms with Gasteiger partial charge < -0.3 is 13.9 Å². The van der Waals surface area contributed by atoms with Crippen LogP contribution in [0.5, 0.6) is 0 Å². The van der Waals surface area contributed by atoms with E-state index >= 15 is 0 Å². The van der Waals surface area contributed by atoms with Gasteiger partial charge in [0, 0.05) is 38.6 Å². The van der Waals surface area contributed by atoms with Gasteiger partial charge in [0.15, 0.2) is 0 Å². The maximum Gasteiger partial charge on any atom is 0.136 e. The first-order valence-electron chi connectivity index (χ1n) is 26.7. The van der Waals surface area contributed by atoms with Crippen molar-refractivity contribution in [1.29, 1.82) is 0 Å². The molecule has 14 aromatic rings. The second-order valence-electron chi connectivity index (χ2n) is 21.0. The number of anilines is 3. The summed E-state index contributed by atoms with van der Waals surface area (Å²) in [5.41, 5.74) is 25.3. The summed E-state index contributed by atoms with van der Waals surface area (Å²) in [6, 6.07) is 104. The maximum absolute atomic E-state index is 6.39. The quantitative estimate of drug-likeness (QED) is 0.166. The summed E-state index contributed by atoms with van der Waals surface area (Å²) in [5.74, 6) is 0. The van der Waals surface area contributed by atoms with Crippen LogP contribution in [0.2, 0.25) is 0 Å². The number of furan rings is 1. The lowest BCUT2D eigenvalue weighted by Gasteiger charge is -2.40. The minimum Gasteiger partial charge on any atom is -0.456 e. The zero-order valence-corrected chi connectivity index (χ0v) is 41.9. The van der Waals surface area contributed by atoms with E-state index < -0.39 is 10.8 Å². The molecule has 0 saturated heterocycles. The third kappa shape index (κ3) is 5.54. The molecular formula is C74H46N2O. The van der Waals surface area contributed by atoms with Crippen LogP contribution >= 0.6 is 0 Å². The zero-order valence-electron chi connectivity index (χ0n) is 41.9. The molecule has 0 amide bonds. The molecule has 0 saturated carbocycles. The van der Waals surface area contributed by atoms with Crippen LogP contribution in [0.4, 0.5) is 17.1 Å². The van der Waals surface area contributed by atoms with Crippen LogP contribution in [0, 0.1) is 0 Å². The molecule has 2 aliphatic carbocycles. The first-order valence-corrected chi connectivity index (χ1v) is 26.7. The van der Waals surface area contributed by atoms with Crippen molar-refractivity contribution < 1.29 is 4.42 Å². The van der Waals surface area contributed by atoms with Crippen LogP contribution in [0.25, 0.3) is 82.8 Å². The Morgan fingerprint density at radius 2 is 0.818 bits per heavy atom. The largest absolute Gasteiger partial charge is 0.456 e. The summed E-state index contributed by atoms with van der Waals surface area (Å²) in [6.07, 6.45) is 0. The van der Waals surface area contributed by atoms with E-state index in [2.05, 4.69) is 282 Å². The van der Waals surface area contributed by atoms with Gasteiger partial charge in [0.05, 0.1) is 27.6 Å². The Morgan fingerprint density at radius 1 is 0.312 bits per heavy atom. The average molecular weight is 979 g/mol. The predicted molar refractivity (Wildman–Crippen MR) is 316 cm³/mol. The van der Waals surface area contributed by atoms with Crippen LogP contribution in [-0.2, 0) is 10.8 Å². The van der Waals surface area contributed by atoms with Crippen LogP contribution in [-0.4, -0.2) is 4.57 Å². The minimum absolute atomic E-state index is 0.513. The highest BCUT2D eigenvalue weighted by Crippen LogP contribution is 2.62. The van der Waals surface area contributed by atoms with Crippen molar-refractivity contribution in [2.24, 2.45) is 0 Å². The monoisotopic (exact) mass is 978 g/mol. The fraction of sp³-hybridized carbons (Fsp3) is 0.0270. The lowest BCUT2D eigenvalue weighted by molar-refractivity contribution is 0.669. The molecule has 3 heterocycles. The Bertz CT molecular complexity index is 4710. The summed E-state index contributed by atoms with van der Waals surface area (Å²) >= 11 is 0. The molecular weight excluding hydrogens is 933 g/mol. The van der Waals surface area contributed by atoms with Crippen molar-refractivity contribution in [2.75, 3.05) is 4.90 Å². The van der Waals surface area contributed by atoms with E-state index in [1.807, 2.05) is 6.07 Å². The van der Waals surface area contributed by atoms with E-state index in [-0.39, 0.29) is 0 Å². The van der Waals surface area contributed by atoms with Gasteiger partial charge >= 0.3 is 0 Å². The van der Waals surface area contributed by atoms with Gasteiger partial charge in [-0.05, 0) is 139 Å². The highest BCUT2D eigenvalue weighted by atomic mass is 16.3. The Labute approximate surface area is 445 Å². The molecule has 77 heavy (non-hydrogen) atoms. The van der Waals surface area contributed by atoms with Crippen molar-refractivity contribution in [1.82, 2.24) is 4.57 Å². The maximum atomic E-state index is 6.39. The number of aromatic nitrogens is 1. The molecule has 0 fully saturated rings. The topological polar surface area (TPSA) is 21.3 Å². The van der Waals surface area contributed by atoms with E-state index in [4.69, 9.17) is 4.42 Å². The highest BCUT2D eigenvalue weighted by Gasteiger charge is 2.51. The van der Waals surface area contributed by atoms with Crippen LogP contribution < -0.4 is 4.90 Å². The van der Waals surface area contributed by atoms with Crippen LogP contribution in [0.15, 0.2) is 283 Å². The first kappa shape index (κ1) is 42.4. The third-order valence-electron chi connectivity index (χ3n) is 17.5. The zero-order chi connectivity index (χ0) is 50.4. The minimum atomic E-state index is -0.598. The Balaban J connectivity index is 0.900. The molecule has 0 N–H and O–H groups in total. The average Bonchev–Trinajstić information content (AvgIpc) is 4.27. The molecule has 12 aromatic carbocycles. The van der Waals surface area contributed by atoms with Gasteiger partial charge in [-0.3, -0.25) is 0 Å². The van der Waals surface area contributed by atoms with E-state index in [9.17, 15) is 0 Å². The van der Waals surface area contributed by atoms with E-state index in [0.717, 1.165) is 50.1 Å². The molecule has 2 aromatic heterocycles. The molecule has 358 valence electrons. The van der Waals surface area contributed by atoms with E-state index in [1.54, 1.807) is 0 Å². The highest BCUT2D eigenvalue weighted by molar-refractivity contribution is 6.14. The fourth-order valence-electron chi connectivity index (χ4n) is 14.5. The molecule has 3 nitrogen and oxygen atoms in total. The molecule has 3 aliphatic rings. The van der Waals surface area contributed by atoms with Gasteiger partial charge in [-0.25, -0.2) is 0 Å². The van der Waals surface area contributed by atoms with Gasteiger partial charge in [-0.15, -0.1) is 0 Å². The second-order valence-corrected chi connectivity index (χ2v) is 21.0. The number of hydrogen-bond donors (Lipinski definition) is 0. The standard InChI is InChI=1S/C74H46N2O/c1-2-18-48(19-3-1)73(61-27-9-4-20-54(61)55-21-5-10-28-62(55)73)49-38-42-51(43-39-49)75(50-40-36-47(37-41-50)53-25-17-35-70-71(53)60-24-8-15-34-69(60)77-70)52-44-45-57-56-22-6-11-29-63(56)74(66(57)46-52)64-30-12-14-33-68(64)76-67-32-13-7-23-58(67)59-26-16-31-65(74)72(59)76/h1-46H. The second kappa shape index (κ2) is 15.8. The van der Waals surface area contributed by atoms with Crippen LogP contribution in [0.1, 0.15) is 44.5 Å². The molecule has 1 aliphatic heterocycles. The number of nitrogens with zero attached hydrogens (tertiary/aromatic N) is 2. The Kier molecular flexibility index (Phi) is 8.69. The normalized spacial score (nSPS) is 15.2. The molecule has 1 unspecified atom stereocenters. The third-order valence-corrected chi connectivity index (χ3v) is 17.5. The van der Waals surface area contributed by atoms with Gasteiger partial charge in [0.25, 0.3) is 0 Å². The number of benzene rings is 12. The van der Waals surface area contributed by atoms with Crippen molar-refractivity contribution in [3.63, 3.8) is 0 Å². The van der Waals surface area contributed by atoms with Crippen molar-refractivity contribution in [3.8, 4) is 39.1 Å². The molecule has 3 heteroatoms. The SMILES string of the molecule is c1ccc(C2(c3ccc(N(c4ccc(-c5cccc6oc7ccccc7c56)cc4)c4ccc5c(c4)C4(c6ccccc6-5)c5ccccc5-n5c6ccccc6c6cccc4c65)cc3)c3ccccc3-c3ccccc32)cc1. The van der Waals surface area contributed by atoms with Gasteiger partial charge in [-0.1, -0.05) is 218 Å². The summed E-state index contributed by atoms with van der Waals surface area (Å²) in [6.45, 7) is 0. The number of hydrogen-bond acceptors (Lipinski definition) is 2. The first-order chi connectivity index (χ1) is 38.2. The van der Waals surface area contributed by atoms with E-state index in [0.29, 0.717) is 0 Å². The van der Waals surface area contributed by atoms with Gasteiger partial charge in [0.1, 0.15) is 11.2 Å². The Hall–Kier alpha value is -9.96. The van der Waals surface area contributed by atoms with Gasteiger partial charge in [-0.2, -0.15) is 0 Å². The van der Waals surface area contributed by atoms with Crippen LogP contribution in [0.3, 0.4) is 0 Å². The molecule has 17 rings (SSSR count). The molecule has 1 spiro atoms. The summed E-state index contributed by atoms with van der Waals surface area (Å²) < 4.78 is 8.91. The summed E-state index contributed by atoms with van der Waals surface area (Å²) in [5, 5.41) is 4.80. The summed E-state index contributed by atoms with van der Waals surface area (Å²) in [7, 11) is 0. The number of fused-ring (bicyclic) bond motifs is 18.